The maximum atomic E-state index is 13.0. The number of carbonyl (C=O) groups excluding carboxylic acids is 1. The monoisotopic (exact) mass is 333 g/mol. The van der Waals surface area contributed by atoms with E-state index in [0.29, 0.717) is 22.1 Å². The third kappa shape index (κ3) is 3.35. The smallest absolute Gasteiger partial charge is 0.282 e. The number of hydrogen-bond donors (Lipinski definition) is 1. The molecule has 0 aliphatic heterocycles. The Hall–Kier alpha value is -2.39. The Morgan fingerprint density at radius 1 is 1.26 bits per heavy atom. The summed E-state index contributed by atoms with van der Waals surface area (Å²) >= 11 is 0. The molecule has 2 aromatic rings. The molecule has 1 N–H and O–H groups in total. The van der Waals surface area contributed by atoms with Crippen molar-refractivity contribution in [2.75, 3.05) is 5.32 Å². The third-order valence-electron chi connectivity index (χ3n) is 3.47. The lowest BCUT2D eigenvalue weighted by atomic mass is 10.2. The first kappa shape index (κ1) is 17.0. The van der Waals surface area contributed by atoms with Crippen molar-refractivity contribution in [3.63, 3.8) is 0 Å². The number of amides is 1. The summed E-state index contributed by atoms with van der Waals surface area (Å²) in [5, 5.41) is 9.88. The number of carbonyl (C=O) groups is 1. The van der Waals surface area contributed by atoms with Gasteiger partial charge in [0.25, 0.3) is 12.9 Å². The standard InChI is InChI=1S/C13H15F4N5O/c1-6-9(5-18-21(6)3)19-13(23)7(2)22-10(12(16)17)4-8(20-22)11(14)15/h4-5,7,11-12H,1-3H3,(H,19,23). The summed E-state index contributed by atoms with van der Waals surface area (Å²) in [7, 11) is 1.67. The minimum atomic E-state index is -3.02. The average molecular weight is 333 g/mol. The molecule has 10 heteroatoms. The number of hydrogen-bond acceptors (Lipinski definition) is 3. The minimum Gasteiger partial charge on any atom is -0.321 e. The fourth-order valence-electron chi connectivity index (χ4n) is 1.98. The summed E-state index contributed by atoms with van der Waals surface area (Å²) in [6.07, 6.45) is -4.61. The van der Waals surface area contributed by atoms with Gasteiger partial charge in [0, 0.05) is 7.05 Å². The largest absolute Gasteiger partial charge is 0.321 e. The summed E-state index contributed by atoms with van der Waals surface area (Å²) in [4.78, 5) is 12.2. The second-order valence-corrected chi connectivity index (χ2v) is 4.97. The molecule has 2 heterocycles. The second-order valence-electron chi connectivity index (χ2n) is 4.97. The molecule has 23 heavy (non-hydrogen) atoms. The van der Waals surface area contributed by atoms with Gasteiger partial charge in [-0.25, -0.2) is 17.6 Å². The normalized spacial score (nSPS) is 12.9. The zero-order chi connectivity index (χ0) is 17.3. The van der Waals surface area contributed by atoms with Crippen LogP contribution >= 0.6 is 0 Å². The molecule has 0 spiro atoms. The number of anilines is 1. The van der Waals surface area contributed by atoms with Crippen LogP contribution in [0.3, 0.4) is 0 Å². The van der Waals surface area contributed by atoms with Crippen molar-refractivity contribution >= 4 is 11.6 Å². The molecular formula is C13H15F4N5O. The SMILES string of the molecule is Cc1c(NC(=O)C(C)n2nc(C(F)F)cc2C(F)F)cnn1C. The van der Waals surface area contributed by atoms with Crippen LogP contribution in [0.1, 0.15) is 42.9 Å². The first-order valence-electron chi connectivity index (χ1n) is 6.67. The van der Waals surface area contributed by atoms with Crippen LogP contribution in [0, 0.1) is 6.92 Å². The van der Waals surface area contributed by atoms with E-state index in [1.54, 1.807) is 14.0 Å². The summed E-state index contributed by atoms with van der Waals surface area (Å²) in [6, 6.07) is -0.583. The van der Waals surface area contributed by atoms with Crippen molar-refractivity contribution in [1.82, 2.24) is 19.6 Å². The Morgan fingerprint density at radius 2 is 1.91 bits per heavy atom. The van der Waals surface area contributed by atoms with E-state index >= 15 is 0 Å². The van der Waals surface area contributed by atoms with E-state index in [9.17, 15) is 22.4 Å². The van der Waals surface area contributed by atoms with Crippen molar-refractivity contribution < 1.29 is 22.4 Å². The van der Waals surface area contributed by atoms with Gasteiger partial charge in [-0.3, -0.25) is 14.2 Å². The van der Waals surface area contributed by atoms with Crippen LogP contribution in [0.2, 0.25) is 0 Å². The highest BCUT2D eigenvalue weighted by atomic mass is 19.3. The minimum absolute atomic E-state index is 0.407. The highest BCUT2D eigenvalue weighted by molar-refractivity contribution is 5.93. The van der Waals surface area contributed by atoms with Gasteiger partial charge in [0.05, 0.1) is 17.6 Å². The molecule has 0 saturated carbocycles. The van der Waals surface area contributed by atoms with E-state index in [-0.39, 0.29) is 0 Å². The van der Waals surface area contributed by atoms with E-state index in [1.165, 1.54) is 17.8 Å². The zero-order valence-electron chi connectivity index (χ0n) is 12.6. The van der Waals surface area contributed by atoms with Gasteiger partial charge in [0.1, 0.15) is 17.4 Å². The zero-order valence-corrected chi connectivity index (χ0v) is 12.6. The van der Waals surface area contributed by atoms with Crippen LogP contribution in [0.25, 0.3) is 0 Å². The van der Waals surface area contributed by atoms with Gasteiger partial charge in [0.15, 0.2) is 0 Å². The third-order valence-corrected chi connectivity index (χ3v) is 3.47. The number of rotatable bonds is 5. The van der Waals surface area contributed by atoms with Gasteiger partial charge >= 0.3 is 0 Å². The lowest BCUT2D eigenvalue weighted by Gasteiger charge is -2.15. The van der Waals surface area contributed by atoms with E-state index in [2.05, 4.69) is 15.5 Å². The van der Waals surface area contributed by atoms with E-state index in [0.717, 1.165) is 0 Å². The van der Waals surface area contributed by atoms with E-state index < -0.39 is 36.2 Å². The summed E-state index contributed by atoms with van der Waals surface area (Å²) in [6.45, 7) is 3.01. The first-order valence-corrected chi connectivity index (χ1v) is 6.67. The molecule has 126 valence electrons. The van der Waals surface area contributed by atoms with Gasteiger partial charge in [0.2, 0.25) is 5.91 Å². The van der Waals surface area contributed by atoms with Crippen molar-refractivity contribution in [3.05, 3.63) is 29.3 Å². The predicted octanol–water partition coefficient (Wildman–Crippen LogP) is 3.00. The molecule has 1 amide bonds. The Kier molecular flexibility index (Phi) is 4.71. The first-order chi connectivity index (χ1) is 10.7. The Morgan fingerprint density at radius 3 is 2.39 bits per heavy atom. The van der Waals surface area contributed by atoms with E-state index in [4.69, 9.17) is 0 Å². The number of nitrogens with zero attached hydrogens (tertiary/aromatic N) is 4. The number of aromatic nitrogens is 4. The lowest BCUT2D eigenvalue weighted by Crippen LogP contribution is -2.26. The Labute approximate surface area is 129 Å². The fraction of sp³-hybridized carbons (Fsp3) is 0.462. The molecule has 6 nitrogen and oxygen atoms in total. The molecule has 1 atom stereocenters. The van der Waals surface area contributed by atoms with Crippen LogP contribution in [-0.2, 0) is 11.8 Å². The highest BCUT2D eigenvalue weighted by Gasteiger charge is 2.27. The molecule has 0 saturated heterocycles. The average Bonchev–Trinajstić information content (AvgIpc) is 3.06. The van der Waals surface area contributed by atoms with Crippen molar-refractivity contribution in [3.8, 4) is 0 Å². The topological polar surface area (TPSA) is 64.7 Å². The second kappa shape index (κ2) is 6.39. The van der Waals surface area contributed by atoms with Crippen LogP contribution in [0.5, 0.6) is 0 Å². The van der Waals surface area contributed by atoms with E-state index in [1.807, 2.05) is 0 Å². The number of alkyl halides is 4. The van der Waals surface area contributed by atoms with Gasteiger partial charge in [-0.1, -0.05) is 0 Å². The van der Waals surface area contributed by atoms with Crippen molar-refractivity contribution in [1.29, 1.82) is 0 Å². The molecule has 0 radical (unpaired) electrons. The molecule has 0 aliphatic rings. The molecule has 0 bridgehead atoms. The van der Waals surface area contributed by atoms with Crippen LogP contribution in [0.15, 0.2) is 12.3 Å². The Balaban J connectivity index is 2.26. The number of aryl methyl sites for hydroxylation is 1. The fourth-order valence-corrected chi connectivity index (χ4v) is 1.98. The molecule has 1 unspecified atom stereocenters. The molecule has 2 aromatic heterocycles. The highest BCUT2D eigenvalue weighted by Crippen LogP contribution is 2.28. The van der Waals surface area contributed by atoms with Crippen LogP contribution in [0.4, 0.5) is 23.2 Å². The molecule has 0 fully saturated rings. The van der Waals surface area contributed by atoms with Gasteiger partial charge in [-0.05, 0) is 19.9 Å². The lowest BCUT2D eigenvalue weighted by molar-refractivity contribution is -0.119. The summed E-state index contributed by atoms with van der Waals surface area (Å²) < 4.78 is 53.4. The predicted molar refractivity (Wildman–Crippen MR) is 73.4 cm³/mol. The molecule has 2 rings (SSSR count). The van der Waals surface area contributed by atoms with Gasteiger partial charge in [-0.2, -0.15) is 10.2 Å². The number of nitrogens with one attached hydrogen (secondary N) is 1. The van der Waals surface area contributed by atoms with Gasteiger partial charge in [-0.15, -0.1) is 0 Å². The van der Waals surface area contributed by atoms with Gasteiger partial charge < -0.3 is 5.32 Å². The molecule has 0 aromatic carbocycles. The maximum absolute atomic E-state index is 13.0. The van der Waals surface area contributed by atoms with Crippen molar-refractivity contribution in [2.24, 2.45) is 7.05 Å². The quantitative estimate of drug-likeness (QED) is 0.856. The van der Waals surface area contributed by atoms with Crippen LogP contribution in [-0.4, -0.2) is 25.5 Å². The maximum Gasteiger partial charge on any atom is 0.282 e. The summed E-state index contributed by atoms with van der Waals surface area (Å²) in [5.74, 6) is -0.660. The molecular weight excluding hydrogens is 318 g/mol. The van der Waals surface area contributed by atoms with Crippen molar-refractivity contribution in [2.45, 2.75) is 32.7 Å². The molecule has 0 aliphatic carbocycles. The Bertz CT molecular complexity index is 709. The number of halogens is 4. The van der Waals surface area contributed by atoms with Crippen LogP contribution < -0.4 is 5.32 Å². The summed E-state index contributed by atoms with van der Waals surface area (Å²) in [5.41, 5.74) is -0.457.